The molecule has 17 heavy (non-hydrogen) atoms. The van der Waals surface area contributed by atoms with Crippen molar-refractivity contribution in [2.75, 3.05) is 20.1 Å². The number of nitrogens with zero attached hydrogens (tertiary/aromatic N) is 1. The van der Waals surface area contributed by atoms with Crippen LogP contribution in [-0.2, 0) is 0 Å². The summed E-state index contributed by atoms with van der Waals surface area (Å²) in [5, 5.41) is 0. The average molecular weight is 241 g/mol. The summed E-state index contributed by atoms with van der Waals surface area (Å²) in [4.78, 5) is 13.7. The summed E-state index contributed by atoms with van der Waals surface area (Å²) >= 11 is 0. The standard InChI is InChI=1S/C13H17F2NO/c1-3-8-16(2)9-7-12(17)10-5-4-6-11(14)13(10)15/h4-6H,3,7-9H2,1-2H3. The fraction of sp³-hybridized carbons (Fsp3) is 0.462. The Kier molecular flexibility index (Phi) is 5.22. The second-order valence-electron chi connectivity index (χ2n) is 4.08. The van der Waals surface area contributed by atoms with Crippen molar-refractivity contribution in [2.24, 2.45) is 0 Å². The molecule has 0 aliphatic heterocycles. The Balaban J connectivity index is 2.61. The monoisotopic (exact) mass is 241 g/mol. The van der Waals surface area contributed by atoms with Gasteiger partial charge in [-0.05, 0) is 32.1 Å². The van der Waals surface area contributed by atoms with E-state index in [9.17, 15) is 13.6 Å². The highest BCUT2D eigenvalue weighted by molar-refractivity contribution is 5.96. The van der Waals surface area contributed by atoms with E-state index < -0.39 is 11.6 Å². The number of benzene rings is 1. The lowest BCUT2D eigenvalue weighted by atomic mass is 10.1. The van der Waals surface area contributed by atoms with Gasteiger partial charge in [0.15, 0.2) is 17.4 Å². The highest BCUT2D eigenvalue weighted by Gasteiger charge is 2.15. The lowest BCUT2D eigenvalue weighted by Gasteiger charge is -2.14. The van der Waals surface area contributed by atoms with Crippen molar-refractivity contribution in [3.63, 3.8) is 0 Å². The number of Topliss-reactive ketones (excluding diaryl/α,β-unsaturated/α-hetero) is 1. The molecule has 1 aromatic rings. The molecule has 0 heterocycles. The fourth-order valence-electron chi connectivity index (χ4n) is 1.64. The minimum atomic E-state index is -1.05. The topological polar surface area (TPSA) is 20.3 Å². The van der Waals surface area contributed by atoms with Gasteiger partial charge in [0.05, 0.1) is 5.56 Å². The van der Waals surface area contributed by atoms with E-state index in [-0.39, 0.29) is 17.8 Å². The van der Waals surface area contributed by atoms with Gasteiger partial charge in [0.1, 0.15) is 0 Å². The number of carbonyl (C=O) groups is 1. The number of carbonyl (C=O) groups excluding carboxylic acids is 1. The highest BCUT2D eigenvalue weighted by Crippen LogP contribution is 2.13. The minimum Gasteiger partial charge on any atom is -0.306 e. The Labute approximate surface area is 100 Å². The Morgan fingerprint density at radius 2 is 2.00 bits per heavy atom. The van der Waals surface area contributed by atoms with Crippen LogP contribution < -0.4 is 0 Å². The maximum Gasteiger partial charge on any atom is 0.169 e. The van der Waals surface area contributed by atoms with Crippen LogP contribution in [0, 0.1) is 11.6 Å². The quantitative estimate of drug-likeness (QED) is 0.714. The summed E-state index contributed by atoms with van der Waals surface area (Å²) in [5.74, 6) is -2.38. The minimum absolute atomic E-state index is 0.158. The van der Waals surface area contributed by atoms with Crippen molar-refractivity contribution in [3.8, 4) is 0 Å². The largest absolute Gasteiger partial charge is 0.306 e. The Hall–Kier alpha value is -1.29. The van der Waals surface area contributed by atoms with Gasteiger partial charge in [-0.3, -0.25) is 4.79 Å². The third kappa shape index (κ3) is 3.89. The van der Waals surface area contributed by atoms with Gasteiger partial charge in [0.25, 0.3) is 0 Å². The first-order valence-corrected chi connectivity index (χ1v) is 5.72. The van der Waals surface area contributed by atoms with E-state index in [1.54, 1.807) is 0 Å². The van der Waals surface area contributed by atoms with E-state index in [0.29, 0.717) is 6.54 Å². The van der Waals surface area contributed by atoms with Crippen LogP contribution in [-0.4, -0.2) is 30.8 Å². The number of ketones is 1. The van der Waals surface area contributed by atoms with E-state index >= 15 is 0 Å². The maximum atomic E-state index is 13.3. The molecule has 0 fully saturated rings. The second-order valence-corrected chi connectivity index (χ2v) is 4.08. The smallest absolute Gasteiger partial charge is 0.169 e. The van der Waals surface area contributed by atoms with Crippen LogP contribution in [0.25, 0.3) is 0 Å². The molecule has 0 amide bonds. The first-order chi connectivity index (χ1) is 8.06. The van der Waals surface area contributed by atoms with Crippen molar-refractivity contribution in [1.82, 2.24) is 4.90 Å². The van der Waals surface area contributed by atoms with Crippen LogP contribution in [0.2, 0.25) is 0 Å². The van der Waals surface area contributed by atoms with E-state index in [1.165, 1.54) is 12.1 Å². The van der Waals surface area contributed by atoms with Gasteiger partial charge in [-0.15, -0.1) is 0 Å². The summed E-state index contributed by atoms with van der Waals surface area (Å²) in [5.41, 5.74) is -0.158. The Morgan fingerprint density at radius 3 is 2.65 bits per heavy atom. The highest BCUT2D eigenvalue weighted by atomic mass is 19.2. The van der Waals surface area contributed by atoms with E-state index in [1.807, 2.05) is 18.9 Å². The zero-order valence-corrected chi connectivity index (χ0v) is 10.2. The predicted molar refractivity (Wildman–Crippen MR) is 63.1 cm³/mol. The van der Waals surface area contributed by atoms with E-state index in [0.717, 1.165) is 19.0 Å². The third-order valence-electron chi connectivity index (χ3n) is 2.58. The number of hydrogen-bond acceptors (Lipinski definition) is 2. The van der Waals surface area contributed by atoms with Crippen molar-refractivity contribution >= 4 is 5.78 Å². The second kappa shape index (κ2) is 6.45. The van der Waals surface area contributed by atoms with Crippen LogP contribution in [0.15, 0.2) is 18.2 Å². The molecule has 4 heteroatoms. The Morgan fingerprint density at radius 1 is 1.29 bits per heavy atom. The van der Waals surface area contributed by atoms with Crippen LogP contribution >= 0.6 is 0 Å². The van der Waals surface area contributed by atoms with Crippen molar-refractivity contribution < 1.29 is 13.6 Å². The van der Waals surface area contributed by atoms with E-state index in [2.05, 4.69) is 0 Å². The van der Waals surface area contributed by atoms with Gasteiger partial charge in [0.2, 0.25) is 0 Å². The first-order valence-electron chi connectivity index (χ1n) is 5.72. The SMILES string of the molecule is CCCN(C)CCC(=O)c1cccc(F)c1F. The number of rotatable bonds is 6. The molecule has 0 saturated carbocycles. The van der Waals surface area contributed by atoms with Gasteiger partial charge < -0.3 is 4.90 Å². The number of hydrogen-bond donors (Lipinski definition) is 0. The molecule has 0 radical (unpaired) electrons. The molecule has 0 aliphatic carbocycles. The van der Waals surface area contributed by atoms with Crippen molar-refractivity contribution in [3.05, 3.63) is 35.4 Å². The third-order valence-corrected chi connectivity index (χ3v) is 2.58. The lowest BCUT2D eigenvalue weighted by molar-refractivity contribution is 0.0964. The molecule has 2 nitrogen and oxygen atoms in total. The Bertz CT molecular complexity index is 393. The average Bonchev–Trinajstić information content (AvgIpc) is 2.30. The van der Waals surface area contributed by atoms with Gasteiger partial charge >= 0.3 is 0 Å². The fourth-order valence-corrected chi connectivity index (χ4v) is 1.64. The summed E-state index contributed by atoms with van der Waals surface area (Å²) in [6.07, 6.45) is 1.20. The van der Waals surface area contributed by atoms with Crippen LogP contribution in [0.4, 0.5) is 8.78 Å². The summed E-state index contributed by atoms with van der Waals surface area (Å²) in [6.45, 7) is 3.49. The molecule has 0 saturated heterocycles. The molecule has 0 aliphatic rings. The maximum absolute atomic E-state index is 13.3. The van der Waals surface area contributed by atoms with Crippen LogP contribution in [0.5, 0.6) is 0 Å². The van der Waals surface area contributed by atoms with Gasteiger partial charge in [-0.25, -0.2) is 8.78 Å². The molecule has 0 spiro atoms. The summed E-state index contributed by atoms with van der Waals surface area (Å²) < 4.78 is 26.2. The van der Waals surface area contributed by atoms with Gasteiger partial charge in [-0.2, -0.15) is 0 Å². The molecular weight excluding hydrogens is 224 g/mol. The molecule has 0 unspecified atom stereocenters. The predicted octanol–water partition coefficient (Wildman–Crippen LogP) is 2.88. The zero-order chi connectivity index (χ0) is 12.8. The van der Waals surface area contributed by atoms with E-state index in [4.69, 9.17) is 0 Å². The van der Waals surface area contributed by atoms with Gasteiger partial charge in [-0.1, -0.05) is 13.0 Å². The summed E-state index contributed by atoms with van der Waals surface area (Å²) in [7, 11) is 1.90. The van der Waals surface area contributed by atoms with Crippen molar-refractivity contribution in [1.29, 1.82) is 0 Å². The lowest BCUT2D eigenvalue weighted by Crippen LogP contribution is -2.23. The first kappa shape index (κ1) is 13.8. The molecule has 0 bridgehead atoms. The molecule has 94 valence electrons. The van der Waals surface area contributed by atoms with Gasteiger partial charge in [0, 0.05) is 13.0 Å². The molecular formula is C13H17F2NO. The summed E-state index contributed by atoms with van der Waals surface area (Å²) in [6, 6.07) is 3.68. The molecule has 1 aromatic carbocycles. The molecule has 1 rings (SSSR count). The molecule has 0 N–H and O–H groups in total. The van der Waals surface area contributed by atoms with Crippen LogP contribution in [0.3, 0.4) is 0 Å². The van der Waals surface area contributed by atoms with Crippen LogP contribution in [0.1, 0.15) is 30.1 Å². The normalized spacial score (nSPS) is 10.9. The molecule has 0 aromatic heterocycles. The zero-order valence-electron chi connectivity index (χ0n) is 10.2. The number of halogens is 2. The van der Waals surface area contributed by atoms with Crippen molar-refractivity contribution in [2.45, 2.75) is 19.8 Å². The molecule has 0 atom stereocenters.